The third-order valence-corrected chi connectivity index (χ3v) is 7.50. The van der Waals surface area contributed by atoms with Crippen molar-refractivity contribution in [2.24, 2.45) is 0 Å². The molecule has 0 aliphatic rings. The minimum Gasteiger partial charge on any atom is -0.350 e. The molecule has 0 bridgehead atoms. The van der Waals surface area contributed by atoms with Crippen molar-refractivity contribution in [2.75, 3.05) is 0 Å². The molecule has 35 heavy (non-hydrogen) atoms. The average Bonchev–Trinajstić information content (AvgIpc) is 3.45. The van der Waals surface area contributed by atoms with Crippen molar-refractivity contribution in [3.63, 3.8) is 0 Å². The van der Waals surface area contributed by atoms with Crippen LogP contribution in [0.25, 0.3) is 16.6 Å². The maximum Gasteiger partial charge on any atom is 0.267 e. The Balaban J connectivity index is 1.31. The first-order valence-electron chi connectivity index (χ1n) is 11.0. The van der Waals surface area contributed by atoms with E-state index in [1.807, 2.05) is 26.0 Å². The molecule has 176 valence electrons. The molecule has 0 radical (unpaired) electrons. The molecule has 0 atom stereocenters. The van der Waals surface area contributed by atoms with Gasteiger partial charge in [0.1, 0.15) is 5.69 Å². The van der Waals surface area contributed by atoms with E-state index in [2.05, 4.69) is 20.4 Å². The van der Waals surface area contributed by atoms with Gasteiger partial charge in [0, 0.05) is 35.5 Å². The van der Waals surface area contributed by atoms with E-state index in [-0.39, 0.29) is 22.2 Å². The van der Waals surface area contributed by atoms with Crippen LogP contribution in [0, 0.1) is 13.8 Å². The third-order valence-electron chi connectivity index (χ3n) is 5.73. The number of nitrogens with one attached hydrogen (secondary N) is 2. The number of fused-ring (bicyclic) bond motifs is 1. The molecule has 0 spiro atoms. The lowest BCUT2D eigenvalue weighted by atomic mass is 10.2. The van der Waals surface area contributed by atoms with Crippen molar-refractivity contribution in [3.05, 3.63) is 102 Å². The van der Waals surface area contributed by atoms with Crippen LogP contribution >= 0.6 is 0 Å². The van der Waals surface area contributed by atoms with Crippen molar-refractivity contribution in [3.8, 4) is 5.69 Å². The zero-order valence-electron chi connectivity index (χ0n) is 19.2. The van der Waals surface area contributed by atoms with Gasteiger partial charge in [0.05, 0.1) is 21.2 Å². The minimum absolute atomic E-state index is 0.182. The summed E-state index contributed by atoms with van der Waals surface area (Å²) >= 11 is 0. The third kappa shape index (κ3) is 4.45. The second-order valence-corrected chi connectivity index (χ2v) is 10.3. The summed E-state index contributed by atoms with van der Waals surface area (Å²) in [4.78, 5) is 20.0. The minimum atomic E-state index is -3.72. The number of H-pyrrole nitrogens is 1. The van der Waals surface area contributed by atoms with Crippen LogP contribution in [0.1, 0.15) is 27.4 Å². The molecule has 9 heteroatoms. The standard InChI is InChI=1S/C26H23N5O3S/c1-17-12-18(2)31(30-17)21-4-3-5-23(14-21)35(33,34)22-8-6-19(7-9-22)15-28-26(32)25-13-20-16-27-11-10-24(20)29-25/h3-14,16,29H,15H2,1-2H3,(H,28,32). The number of hydrogen-bond acceptors (Lipinski definition) is 5. The Morgan fingerprint density at radius 3 is 2.51 bits per heavy atom. The lowest BCUT2D eigenvalue weighted by molar-refractivity contribution is 0.0946. The van der Waals surface area contributed by atoms with E-state index in [0.717, 1.165) is 27.9 Å². The summed E-state index contributed by atoms with van der Waals surface area (Å²) in [5, 5.41) is 8.14. The Bertz CT molecular complexity index is 1620. The van der Waals surface area contributed by atoms with Gasteiger partial charge >= 0.3 is 0 Å². The number of pyridine rings is 1. The molecule has 0 fully saturated rings. The number of hydrogen-bond donors (Lipinski definition) is 2. The Labute approximate surface area is 202 Å². The van der Waals surface area contributed by atoms with Crippen LogP contribution < -0.4 is 5.32 Å². The number of benzene rings is 2. The van der Waals surface area contributed by atoms with Gasteiger partial charge in [-0.25, -0.2) is 13.1 Å². The Morgan fingerprint density at radius 1 is 1.00 bits per heavy atom. The summed E-state index contributed by atoms with van der Waals surface area (Å²) in [6.45, 7) is 4.08. The van der Waals surface area contributed by atoms with Crippen molar-refractivity contribution in [2.45, 2.75) is 30.2 Å². The monoisotopic (exact) mass is 485 g/mol. The van der Waals surface area contributed by atoms with Crippen LogP contribution in [-0.4, -0.2) is 34.1 Å². The van der Waals surface area contributed by atoms with Gasteiger partial charge in [-0.15, -0.1) is 0 Å². The molecule has 0 aliphatic carbocycles. The molecule has 0 saturated carbocycles. The number of carbonyl (C=O) groups is 1. The SMILES string of the molecule is Cc1cc(C)n(-c2cccc(S(=O)(=O)c3ccc(CNC(=O)c4cc5cnccc5[nH]4)cc3)c2)n1. The molecule has 0 saturated heterocycles. The molecule has 8 nitrogen and oxygen atoms in total. The first kappa shape index (κ1) is 22.5. The molecule has 3 heterocycles. The zero-order valence-corrected chi connectivity index (χ0v) is 20.0. The van der Waals surface area contributed by atoms with Crippen LogP contribution in [0.2, 0.25) is 0 Å². The highest BCUT2D eigenvalue weighted by atomic mass is 32.2. The fourth-order valence-corrected chi connectivity index (χ4v) is 5.27. The van der Waals surface area contributed by atoms with Gasteiger partial charge in [-0.1, -0.05) is 18.2 Å². The highest BCUT2D eigenvalue weighted by Gasteiger charge is 2.19. The van der Waals surface area contributed by atoms with Gasteiger partial charge in [0.25, 0.3) is 5.91 Å². The van der Waals surface area contributed by atoms with Gasteiger partial charge < -0.3 is 10.3 Å². The van der Waals surface area contributed by atoms with Crippen LogP contribution in [0.15, 0.2) is 88.9 Å². The predicted octanol–water partition coefficient (Wildman–Crippen LogP) is 4.13. The van der Waals surface area contributed by atoms with E-state index in [1.54, 1.807) is 71.7 Å². The van der Waals surface area contributed by atoms with Crippen LogP contribution in [-0.2, 0) is 16.4 Å². The topological polar surface area (TPSA) is 110 Å². The fraction of sp³-hybridized carbons (Fsp3) is 0.115. The van der Waals surface area contributed by atoms with E-state index < -0.39 is 9.84 Å². The first-order chi connectivity index (χ1) is 16.8. The molecule has 3 aromatic heterocycles. The van der Waals surface area contributed by atoms with Crippen LogP contribution in [0.3, 0.4) is 0 Å². The number of sulfone groups is 1. The van der Waals surface area contributed by atoms with Gasteiger partial charge in [-0.05, 0) is 67.9 Å². The number of aromatic amines is 1. The van der Waals surface area contributed by atoms with Crippen molar-refractivity contribution in [1.82, 2.24) is 25.1 Å². The van der Waals surface area contributed by atoms with E-state index in [9.17, 15) is 13.2 Å². The molecule has 5 aromatic rings. The molecular weight excluding hydrogens is 462 g/mol. The smallest absolute Gasteiger partial charge is 0.267 e. The van der Waals surface area contributed by atoms with Crippen LogP contribution in [0.5, 0.6) is 0 Å². The first-order valence-corrected chi connectivity index (χ1v) is 12.5. The molecule has 5 rings (SSSR count). The fourth-order valence-electron chi connectivity index (χ4n) is 3.97. The quantitative estimate of drug-likeness (QED) is 0.376. The lowest BCUT2D eigenvalue weighted by Crippen LogP contribution is -2.23. The normalized spacial score (nSPS) is 11.6. The molecular formula is C26H23N5O3S. The van der Waals surface area contributed by atoms with E-state index in [4.69, 9.17) is 0 Å². The van der Waals surface area contributed by atoms with Crippen molar-refractivity contribution < 1.29 is 13.2 Å². The lowest BCUT2D eigenvalue weighted by Gasteiger charge is -2.10. The Hall–Kier alpha value is -4.24. The number of aromatic nitrogens is 4. The van der Waals surface area contributed by atoms with Crippen molar-refractivity contribution in [1.29, 1.82) is 0 Å². The van der Waals surface area contributed by atoms with Gasteiger partial charge in [-0.2, -0.15) is 5.10 Å². The number of rotatable bonds is 6. The molecule has 2 aromatic carbocycles. The van der Waals surface area contributed by atoms with Gasteiger partial charge in [0.2, 0.25) is 9.84 Å². The molecule has 1 amide bonds. The summed E-state index contributed by atoms with van der Waals surface area (Å²) in [6, 6.07) is 18.7. The summed E-state index contributed by atoms with van der Waals surface area (Å²) < 4.78 is 28.2. The highest BCUT2D eigenvalue weighted by molar-refractivity contribution is 7.91. The van der Waals surface area contributed by atoms with Gasteiger partial charge in [-0.3, -0.25) is 9.78 Å². The average molecular weight is 486 g/mol. The summed E-state index contributed by atoms with van der Waals surface area (Å²) in [5.41, 5.74) is 4.53. The second kappa shape index (κ2) is 8.84. The second-order valence-electron chi connectivity index (χ2n) is 8.31. The predicted molar refractivity (Wildman–Crippen MR) is 132 cm³/mol. The number of carbonyl (C=O) groups excluding carboxylic acids is 1. The molecule has 2 N–H and O–H groups in total. The number of nitrogens with zero attached hydrogens (tertiary/aromatic N) is 3. The zero-order chi connectivity index (χ0) is 24.6. The Morgan fingerprint density at radius 2 is 1.80 bits per heavy atom. The maximum atomic E-state index is 13.2. The summed E-state index contributed by atoms with van der Waals surface area (Å²) in [6.07, 6.45) is 3.35. The summed E-state index contributed by atoms with van der Waals surface area (Å²) in [5.74, 6) is -0.251. The largest absolute Gasteiger partial charge is 0.350 e. The van der Waals surface area contributed by atoms with E-state index >= 15 is 0 Å². The van der Waals surface area contributed by atoms with Crippen molar-refractivity contribution >= 4 is 26.6 Å². The summed E-state index contributed by atoms with van der Waals surface area (Å²) in [7, 11) is -3.72. The number of aryl methyl sites for hydroxylation is 2. The highest BCUT2D eigenvalue weighted by Crippen LogP contribution is 2.24. The maximum absolute atomic E-state index is 13.2. The van der Waals surface area contributed by atoms with E-state index in [0.29, 0.717) is 11.4 Å². The van der Waals surface area contributed by atoms with E-state index in [1.165, 1.54) is 0 Å². The van der Waals surface area contributed by atoms with Crippen LogP contribution in [0.4, 0.5) is 0 Å². The number of amides is 1. The molecule has 0 unspecified atom stereocenters. The van der Waals surface area contributed by atoms with Gasteiger partial charge in [0.15, 0.2) is 0 Å². The molecule has 0 aliphatic heterocycles. The Kier molecular flexibility index (Phi) is 5.70.